The summed E-state index contributed by atoms with van der Waals surface area (Å²) in [5, 5.41) is 16.8. The first-order valence-electron chi connectivity index (χ1n) is 10.5. The van der Waals surface area contributed by atoms with E-state index in [0.717, 1.165) is 0 Å². The highest BCUT2D eigenvalue weighted by atomic mass is 35.5. The van der Waals surface area contributed by atoms with Gasteiger partial charge in [0.05, 0.1) is 17.8 Å². The monoisotopic (exact) mass is 512 g/mol. The van der Waals surface area contributed by atoms with E-state index in [-0.39, 0.29) is 22.0 Å². The number of fused-ring (bicyclic) bond motifs is 1. The van der Waals surface area contributed by atoms with E-state index < -0.39 is 35.6 Å². The van der Waals surface area contributed by atoms with Crippen LogP contribution >= 0.6 is 11.6 Å². The van der Waals surface area contributed by atoms with Crippen molar-refractivity contribution in [2.75, 3.05) is 12.4 Å². The Morgan fingerprint density at radius 2 is 1.97 bits per heavy atom. The molecule has 0 aromatic heterocycles. The van der Waals surface area contributed by atoms with Crippen LogP contribution < -0.4 is 10.1 Å². The summed E-state index contributed by atoms with van der Waals surface area (Å²) in [5.74, 6) is -1.41. The van der Waals surface area contributed by atoms with Gasteiger partial charge in [0.2, 0.25) is 11.7 Å². The molecule has 7 nitrogen and oxygen atoms in total. The Kier molecular flexibility index (Phi) is 7.19. The molecule has 2 unspecified atom stereocenters. The second kappa shape index (κ2) is 9.50. The van der Waals surface area contributed by atoms with Crippen LogP contribution in [0.15, 0.2) is 41.6 Å². The van der Waals surface area contributed by atoms with Crippen molar-refractivity contribution < 1.29 is 37.4 Å². The fourth-order valence-electron chi connectivity index (χ4n) is 4.01. The van der Waals surface area contributed by atoms with E-state index in [1.54, 1.807) is 19.1 Å². The molecule has 0 saturated carbocycles. The van der Waals surface area contributed by atoms with Crippen LogP contribution in [0.4, 0.5) is 18.9 Å². The highest BCUT2D eigenvalue weighted by molar-refractivity contribution is 6.33. The lowest BCUT2D eigenvalue weighted by Gasteiger charge is -2.37. The topological polar surface area (TPSA) is 97.2 Å². The zero-order valence-corrected chi connectivity index (χ0v) is 20.1. The summed E-state index contributed by atoms with van der Waals surface area (Å²) in [6.07, 6.45) is -6.77. The minimum atomic E-state index is -5.30. The Morgan fingerprint density at radius 1 is 1.29 bits per heavy atom. The first kappa shape index (κ1) is 26.5. The first-order chi connectivity index (χ1) is 16.2. The minimum absolute atomic E-state index is 0.0188. The molecule has 188 valence electrons. The van der Waals surface area contributed by atoms with E-state index in [1.807, 2.05) is 0 Å². The van der Waals surface area contributed by atoms with Gasteiger partial charge in [-0.15, -0.1) is 0 Å². The van der Waals surface area contributed by atoms with Crippen LogP contribution in [0.3, 0.4) is 0 Å². The third-order valence-electron chi connectivity index (χ3n) is 5.89. The molecule has 35 heavy (non-hydrogen) atoms. The zero-order valence-electron chi connectivity index (χ0n) is 19.4. The van der Waals surface area contributed by atoms with E-state index in [0.29, 0.717) is 23.1 Å². The van der Waals surface area contributed by atoms with Gasteiger partial charge >= 0.3 is 6.18 Å². The van der Waals surface area contributed by atoms with Crippen LogP contribution in [0.2, 0.25) is 5.02 Å². The molecule has 3 rings (SSSR count). The van der Waals surface area contributed by atoms with Gasteiger partial charge in [-0.2, -0.15) is 13.2 Å². The van der Waals surface area contributed by atoms with E-state index in [9.17, 15) is 27.9 Å². The predicted octanol–water partition coefficient (Wildman–Crippen LogP) is 4.94. The lowest BCUT2D eigenvalue weighted by molar-refractivity contribution is -0.254. The number of nitrogens with one attached hydrogen (secondary N) is 1. The lowest BCUT2D eigenvalue weighted by atomic mass is 9.74. The molecule has 1 aliphatic heterocycles. The van der Waals surface area contributed by atoms with Crippen molar-refractivity contribution in [2.24, 2.45) is 5.16 Å². The van der Waals surface area contributed by atoms with Crippen LogP contribution in [-0.2, 0) is 19.8 Å². The lowest BCUT2D eigenvalue weighted by Crippen LogP contribution is -2.57. The quantitative estimate of drug-likeness (QED) is 0.512. The smallest absolute Gasteiger partial charge is 0.426 e. The summed E-state index contributed by atoms with van der Waals surface area (Å²) in [5.41, 5.74) is -3.65. The predicted molar refractivity (Wildman–Crippen MR) is 124 cm³/mol. The summed E-state index contributed by atoms with van der Waals surface area (Å²) in [6.45, 7) is 4.46. The number of ether oxygens (including phenoxy) is 1. The van der Waals surface area contributed by atoms with Crippen molar-refractivity contribution in [1.82, 2.24) is 0 Å². The summed E-state index contributed by atoms with van der Waals surface area (Å²) in [6, 6.07) is 8.74. The van der Waals surface area contributed by atoms with Crippen LogP contribution in [-0.4, -0.2) is 41.9 Å². The number of nitrogens with zero attached hydrogens (tertiary/aromatic N) is 1. The number of benzene rings is 2. The van der Waals surface area contributed by atoms with Crippen LogP contribution in [0.1, 0.15) is 50.0 Å². The van der Waals surface area contributed by atoms with E-state index in [1.165, 1.54) is 45.2 Å². The maximum Gasteiger partial charge on any atom is 0.426 e. The summed E-state index contributed by atoms with van der Waals surface area (Å²) in [7, 11) is 1.37. The molecule has 0 spiro atoms. The van der Waals surface area contributed by atoms with Crippen molar-refractivity contribution in [3.63, 3.8) is 0 Å². The number of halogens is 4. The fraction of sp³-hybridized carbons (Fsp3) is 0.375. The molecule has 1 amide bonds. The standard InChI is InChI=1S/C24H24ClF3N2O5/c1-13-16-10-14(8-9-15(16)19(11-31)35-30-13)29-21(32)23(33,24(26,27)28)12-22(2,3)17-6-5-7-18(34-4)20(17)25/h5-11,19,33H,12H2,1-4H3,(H,29,32). The Hall–Kier alpha value is -3.11. The molecule has 0 aliphatic carbocycles. The normalized spacial score (nSPS) is 17.4. The molecule has 0 saturated heterocycles. The largest absolute Gasteiger partial charge is 0.495 e. The molecule has 0 bridgehead atoms. The molecule has 2 atom stereocenters. The Morgan fingerprint density at radius 3 is 2.57 bits per heavy atom. The van der Waals surface area contributed by atoms with Gasteiger partial charge in [-0.1, -0.05) is 48.8 Å². The van der Waals surface area contributed by atoms with E-state index in [4.69, 9.17) is 21.2 Å². The number of aliphatic hydroxyl groups is 1. The number of aldehydes is 1. The maximum absolute atomic E-state index is 14.1. The zero-order chi connectivity index (χ0) is 26.2. The van der Waals surface area contributed by atoms with Gasteiger partial charge in [0.15, 0.2) is 6.29 Å². The molecular formula is C24H24ClF3N2O5. The average molecular weight is 513 g/mol. The molecule has 1 heterocycles. The highest BCUT2D eigenvalue weighted by Gasteiger charge is 2.61. The number of rotatable bonds is 7. The van der Waals surface area contributed by atoms with Crippen LogP contribution in [0.25, 0.3) is 0 Å². The molecule has 0 fully saturated rings. The number of hydrogen-bond acceptors (Lipinski definition) is 6. The van der Waals surface area contributed by atoms with Crippen LogP contribution in [0, 0.1) is 0 Å². The Labute approximate surface area is 204 Å². The van der Waals surface area contributed by atoms with Crippen molar-refractivity contribution >= 4 is 35.2 Å². The molecular weight excluding hydrogens is 489 g/mol. The number of hydrogen-bond donors (Lipinski definition) is 2. The van der Waals surface area contributed by atoms with Crippen molar-refractivity contribution in [1.29, 1.82) is 0 Å². The highest BCUT2D eigenvalue weighted by Crippen LogP contribution is 2.45. The van der Waals surface area contributed by atoms with Crippen LogP contribution in [0.5, 0.6) is 5.75 Å². The Bertz CT molecular complexity index is 1180. The minimum Gasteiger partial charge on any atom is -0.495 e. The third kappa shape index (κ3) is 4.99. The van der Waals surface area contributed by atoms with Gasteiger partial charge < -0.3 is 20.0 Å². The first-order valence-corrected chi connectivity index (χ1v) is 10.9. The number of oxime groups is 1. The third-order valence-corrected chi connectivity index (χ3v) is 6.28. The molecule has 1 aliphatic rings. The molecule has 0 radical (unpaired) electrons. The van der Waals surface area contributed by atoms with E-state index >= 15 is 0 Å². The molecule has 2 aromatic carbocycles. The number of amides is 1. The van der Waals surface area contributed by atoms with Gasteiger partial charge in [-0.25, -0.2) is 0 Å². The second-order valence-corrected chi connectivity index (χ2v) is 9.21. The van der Waals surface area contributed by atoms with Crippen molar-refractivity contribution in [3.8, 4) is 5.75 Å². The fourth-order valence-corrected chi connectivity index (χ4v) is 4.46. The molecule has 2 N–H and O–H groups in total. The number of alkyl halides is 3. The second-order valence-electron chi connectivity index (χ2n) is 8.84. The number of carbonyl (C=O) groups is 2. The van der Waals surface area contributed by atoms with Gasteiger partial charge in [0.1, 0.15) is 5.75 Å². The maximum atomic E-state index is 14.1. The van der Waals surface area contributed by atoms with Gasteiger partial charge in [0, 0.05) is 23.2 Å². The van der Waals surface area contributed by atoms with Crippen molar-refractivity contribution in [3.05, 3.63) is 58.1 Å². The van der Waals surface area contributed by atoms with Gasteiger partial charge in [0.25, 0.3) is 5.91 Å². The number of carbonyl (C=O) groups excluding carboxylic acids is 2. The SMILES string of the molecule is COc1cccc(C(C)(C)CC(O)(C(=O)Nc2ccc3c(c2)C(C)=NOC3C=O)C(F)(F)F)c1Cl. The summed E-state index contributed by atoms with van der Waals surface area (Å²) in [4.78, 5) is 29.2. The molecule has 2 aromatic rings. The van der Waals surface area contributed by atoms with E-state index in [2.05, 4.69) is 10.5 Å². The number of methoxy groups -OCH3 is 1. The molecule has 11 heteroatoms. The average Bonchev–Trinajstić information content (AvgIpc) is 2.78. The summed E-state index contributed by atoms with van der Waals surface area (Å²) < 4.78 is 47.6. The number of anilines is 1. The summed E-state index contributed by atoms with van der Waals surface area (Å²) >= 11 is 6.32. The Balaban J connectivity index is 1.96. The van der Waals surface area contributed by atoms with Crippen molar-refractivity contribution in [2.45, 2.75) is 50.5 Å². The van der Waals surface area contributed by atoms with Gasteiger partial charge in [-0.05, 0) is 36.1 Å². The van der Waals surface area contributed by atoms with Gasteiger partial charge in [-0.3, -0.25) is 9.59 Å².